The lowest BCUT2D eigenvalue weighted by Crippen LogP contribution is -2.38. The van der Waals surface area contributed by atoms with Gasteiger partial charge >= 0.3 is 0 Å². The number of nitrogens with one attached hydrogen (secondary N) is 1. The van der Waals surface area contributed by atoms with Gasteiger partial charge in [-0.05, 0) is 18.4 Å². The van der Waals surface area contributed by atoms with E-state index in [1.54, 1.807) is 4.68 Å². The van der Waals surface area contributed by atoms with Crippen molar-refractivity contribution >= 4 is 11.7 Å². The largest absolute Gasteiger partial charge is 0.361 e. The van der Waals surface area contributed by atoms with Gasteiger partial charge in [0.25, 0.3) is 0 Å². The molecule has 1 N–H and O–H groups in total. The second-order valence-electron chi connectivity index (χ2n) is 6.73. The standard InChI is InChI=1S/C19H26N4O/c1-22(2)19-17(15-9-5-3-6-10-15)13-23(21-19)14-18(24)20-16-11-7-4-8-12-16/h3,5-6,9-10,13,16H,4,7-8,11-12,14H2,1-2H3,(H,20,24). The van der Waals surface area contributed by atoms with Crippen molar-refractivity contribution in [2.45, 2.75) is 44.7 Å². The van der Waals surface area contributed by atoms with Crippen LogP contribution in [0, 0.1) is 0 Å². The Hall–Kier alpha value is -2.30. The van der Waals surface area contributed by atoms with Crippen LogP contribution in [0.4, 0.5) is 5.82 Å². The van der Waals surface area contributed by atoms with Gasteiger partial charge in [-0.1, -0.05) is 49.6 Å². The number of carbonyl (C=O) groups excluding carboxylic acids is 1. The number of hydrogen-bond acceptors (Lipinski definition) is 3. The molecule has 0 unspecified atom stereocenters. The topological polar surface area (TPSA) is 50.2 Å². The Bertz CT molecular complexity index is 672. The number of hydrogen-bond donors (Lipinski definition) is 1. The van der Waals surface area contributed by atoms with Crippen molar-refractivity contribution < 1.29 is 4.79 Å². The Morgan fingerprint density at radius 2 is 1.92 bits per heavy atom. The maximum absolute atomic E-state index is 12.3. The van der Waals surface area contributed by atoms with E-state index in [4.69, 9.17) is 0 Å². The molecule has 1 fully saturated rings. The molecule has 5 nitrogen and oxygen atoms in total. The molecular weight excluding hydrogens is 300 g/mol. The van der Waals surface area contributed by atoms with Crippen molar-refractivity contribution in [2.24, 2.45) is 0 Å². The number of anilines is 1. The van der Waals surface area contributed by atoms with E-state index in [1.807, 2.05) is 43.4 Å². The zero-order chi connectivity index (χ0) is 16.9. The fourth-order valence-electron chi connectivity index (χ4n) is 3.31. The van der Waals surface area contributed by atoms with Crippen molar-refractivity contribution in [1.82, 2.24) is 15.1 Å². The van der Waals surface area contributed by atoms with E-state index in [2.05, 4.69) is 22.5 Å². The van der Waals surface area contributed by atoms with Crippen LogP contribution in [0.15, 0.2) is 36.5 Å². The average Bonchev–Trinajstić information content (AvgIpc) is 3.00. The van der Waals surface area contributed by atoms with Crippen LogP contribution in [0.3, 0.4) is 0 Å². The predicted octanol–water partition coefficient (Wildman–Crippen LogP) is 3.07. The van der Waals surface area contributed by atoms with Gasteiger partial charge in [0.05, 0.1) is 0 Å². The second kappa shape index (κ2) is 7.51. The van der Waals surface area contributed by atoms with Crippen LogP contribution in [0.25, 0.3) is 11.1 Å². The number of rotatable bonds is 5. The minimum absolute atomic E-state index is 0.0503. The van der Waals surface area contributed by atoms with Crippen LogP contribution in [0.5, 0.6) is 0 Å². The van der Waals surface area contributed by atoms with Gasteiger partial charge in [-0.25, -0.2) is 0 Å². The molecule has 1 aromatic carbocycles. The summed E-state index contributed by atoms with van der Waals surface area (Å²) in [6.07, 6.45) is 7.89. The van der Waals surface area contributed by atoms with Gasteiger partial charge < -0.3 is 10.2 Å². The van der Waals surface area contributed by atoms with Crippen LogP contribution in [0.1, 0.15) is 32.1 Å². The third-order valence-corrected chi connectivity index (χ3v) is 4.53. The lowest BCUT2D eigenvalue weighted by atomic mass is 9.95. The fraction of sp³-hybridized carbons (Fsp3) is 0.474. The van der Waals surface area contributed by atoms with Crippen molar-refractivity contribution in [2.75, 3.05) is 19.0 Å². The molecule has 0 spiro atoms. The molecule has 0 atom stereocenters. The summed E-state index contributed by atoms with van der Waals surface area (Å²) < 4.78 is 1.75. The molecule has 0 radical (unpaired) electrons. The van der Waals surface area contributed by atoms with Gasteiger partial charge in [-0.2, -0.15) is 5.10 Å². The first-order valence-electron chi connectivity index (χ1n) is 8.73. The smallest absolute Gasteiger partial charge is 0.241 e. The maximum atomic E-state index is 12.3. The van der Waals surface area contributed by atoms with Crippen molar-refractivity contribution in [3.63, 3.8) is 0 Å². The summed E-state index contributed by atoms with van der Waals surface area (Å²) >= 11 is 0. The highest BCUT2D eigenvalue weighted by Gasteiger charge is 2.18. The van der Waals surface area contributed by atoms with Crippen LogP contribution in [-0.4, -0.2) is 35.8 Å². The normalized spacial score (nSPS) is 15.2. The van der Waals surface area contributed by atoms with Gasteiger partial charge in [0.1, 0.15) is 6.54 Å². The lowest BCUT2D eigenvalue weighted by Gasteiger charge is -2.22. The quantitative estimate of drug-likeness (QED) is 0.919. The van der Waals surface area contributed by atoms with Crippen LogP contribution >= 0.6 is 0 Å². The zero-order valence-corrected chi connectivity index (χ0v) is 14.5. The number of aromatic nitrogens is 2. The van der Waals surface area contributed by atoms with Crippen molar-refractivity contribution in [1.29, 1.82) is 0 Å². The average molecular weight is 326 g/mol. The number of benzene rings is 1. The molecule has 0 saturated heterocycles. The summed E-state index contributed by atoms with van der Waals surface area (Å²) in [4.78, 5) is 14.3. The minimum atomic E-state index is 0.0503. The number of carbonyl (C=O) groups is 1. The highest BCUT2D eigenvalue weighted by Crippen LogP contribution is 2.28. The first-order chi connectivity index (χ1) is 11.6. The molecule has 1 aliphatic carbocycles. The van der Waals surface area contributed by atoms with E-state index in [0.29, 0.717) is 6.04 Å². The van der Waals surface area contributed by atoms with E-state index in [-0.39, 0.29) is 12.5 Å². The van der Waals surface area contributed by atoms with Gasteiger partial charge in [0.15, 0.2) is 5.82 Å². The summed E-state index contributed by atoms with van der Waals surface area (Å²) in [7, 11) is 3.95. The van der Waals surface area contributed by atoms with Crippen LogP contribution < -0.4 is 10.2 Å². The zero-order valence-electron chi connectivity index (χ0n) is 14.5. The van der Waals surface area contributed by atoms with Gasteiger partial charge in [-0.15, -0.1) is 0 Å². The van der Waals surface area contributed by atoms with Gasteiger partial charge in [0, 0.05) is 31.9 Å². The molecule has 1 aliphatic rings. The number of nitrogens with zero attached hydrogens (tertiary/aromatic N) is 3. The van der Waals surface area contributed by atoms with Gasteiger partial charge in [-0.3, -0.25) is 9.48 Å². The van der Waals surface area contributed by atoms with E-state index >= 15 is 0 Å². The Morgan fingerprint density at radius 1 is 1.21 bits per heavy atom. The fourth-order valence-corrected chi connectivity index (χ4v) is 3.31. The Labute approximate surface area is 143 Å². The van der Waals surface area contributed by atoms with Gasteiger partial charge in [0.2, 0.25) is 5.91 Å². The summed E-state index contributed by atoms with van der Waals surface area (Å²) in [6, 6.07) is 10.5. The minimum Gasteiger partial charge on any atom is -0.361 e. The summed E-state index contributed by atoms with van der Waals surface area (Å²) in [5.74, 6) is 0.931. The van der Waals surface area contributed by atoms with Crippen LogP contribution in [0.2, 0.25) is 0 Å². The molecule has 1 amide bonds. The predicted molar refractivity (Wildman–Crippen MR) is 97.0 cm³/mol. The third kappa shape index (κ3) is 3.96. The Balaban J connectivity index is 1.73. The SMILES string of the molecule is CN(C)c1nn(CC(=O)NC2CCCCC2)cc1-c1ccccc1. The first-order valence-corrected chi connectivity index (χ1v) is 8.73. The maximum Gasteiger partial charge on any atom is 0.241 e. The van der Waals surface area contributed by atoms with Crippen molar-refractivity contribution in [3.05, 3.63) is 36.5 Å². The molecule has 0 bridgehead atoms. The monoisotopic (exact) mass is 326 g/mol. The lowest BCUT2D eigenvalue weighted by molar-refractivity contribution is -0.122. The summed E-state index contributed by atoms with van der Waals surface area (Å²) in [5.41, 5.74) is 2.16. The van der Waals surface area contributed by atoms with E-state index in [0.717, 1.165) is 29.8 Å². The van der Waals surface area contributed by atoms with Crippen molar-refractivity contribution in [3.8, 4) is 11.1 Å². The second-order valence-corrected chi connectivity index (χ2v) is 6.73. The molecule has 1 aromatic heterocycles. The Kier molecular flexibility index (Phi) is 5.18. The van der Waals surface area contributed by atoms with E-state index < -0.39 is 0 Å². The van der Waals surface area contributed by atoms with E-state index in [1.165, 1.54) is 19.3 Å². The highest BCUT2D eigenvalue weighted by atomic mass is 16.2. The number of amides is 1. The Morgan fingerprint density at radius 3 is 2.58 bits per heavy atom. The molecule has 24 heavy (non-hydrogen) atoms. The molecule has 128 valence electrons. The summed E-state index contributed by atoms with van der Waals surface area (Å²) in [6.45, 7) is 0.268. The first kappa shape index (κ1) is 16.6. The molecule has 1 saturated carbocycles. The molecule has 1 heterocycles. The molecule has 5 heteroatoms. The van der Waals surface area contributed by atoms with E-state index in [9.17, 15) is 4.79 Å². The third-order valence-electron chi connectivity index (χ3n) is 4.53. The molecule has 3 rings (SSSR count). The van der Waals surface area contributed by atoms with Crippen LogP contribution in [-0.2, 0) is 11.3 Å². The molecule has 0 aliphatic heterocycles. The molecule has 2 aromatic rings. The summed E-state index contributed by atoms with van der Waals surface area (Å²) in [5, 5.41) is 7.75. The highest BCUT2D eigenvalue weighted by molar-refractivity contribution is 5.78. The molecular formula is C19H26N4O.